The third kappa shape index (κ3) is 5.80. The number of rotatable bonds is 7. The summed E-state index contributed by atoms with van der Waals surface area (Å²) in [6.45, 7) is 5.40. The summed E-state index contributed by atoms with van der Waals surface area (Å²) < 4.78 is 0. The van der Waals surface area contributed by atoms with Crippen molar-refractivity contribution in [2.24, 2.45) is 5.92 Å². The van der Waals surface area contributed by atoms with Crippen LogP contribution in [-0.4, -0.2) is 60.6 Å². The molecule has 2 N–H and O–H groups in total. The van der Waals surface area contributed by atoms with Crippen LogP contribution in [0.4, 0.5) is 5.69 Å². The van der Waals surface area contributed by atoms with Crippen LogP contribution in [0, 0.1) is 5.92 Å². The van der Waals surface area contributed by atoms with E-state index in [1.165, 1.54) is 5.56 Å². The molecule has 1 aromatic rings. The van der Waals surface area contributed by atoms with Crippen molar-refractivity contribution in [3.63, 3.8) is 0 Å². The number of amides is 1. The summed E-state index contributed by atoms with van der Waals surface area (Å²) in [5.74, 6) is 0.613. The van der Waals surface area contributed by atoms with Crippen LogP contribution < -0.4 is 5.32 Å². The van der Waals surface area contributed by atoms with Crippen LogP contribution in [-0.2, 0) is 11.3 Å². The fourth-order valence-corrected chi connectivity index (χ4v) is 3.12. The molecule has 1 heterocycles. The van der Waals surface area contributed by atoms with Gasteiger partial charge in [0.2, 0.25) is 5.91 Å². The van der Waals surface area contributed by atoms with Crippen molar-refractivity contribution in [2.75, 3.05) is 39.1 Å². The second-order valence-corrected chi connectivity index (χ2v) is 7.14. The minimum atomic E-state index is 0.107. The van der Waals surface area contributed by atoms with Crippen LogP contribution in [0.1, 0.15) is 31.7 Å². The highest BCUT2D eigenvalue weighted by Crippen LogP contribution is 2.20. The number of carbonyl (C=O) groups is 1. The molecule has 1 aliphatic rings. The van der Waals surface area contributed by atoms with Gasteiger partial charge < -0.3 is 15.3 Å². The van der Waals surface area contributed by atoms with E-state index < -0.39 is 0 Å². The summed E-state index contributed by atoms with van der Waals surface area (Å²) in [5.41, 5.74) is 2.35. The molecule has 0 aliphatic carbocycles. The van der Waals surface area contributed by atoms with Crippen molar-refractivity contribution < 1.29 is 9.90 Å². The zero-order valence-corrected chi connectivity index (χ0v) is 15.2. The Morgan fingerprint density at radius 1 is 1.38 bits per heavy atom. The highest BCUT2D eigenvalue weighted by atomic mass is 16.3. The predicted molar refractivity (Wildman–Crippen MR) is 97.9 cm³/mol. The Hall–Kier alpha value is -1.59. The molecule has 1 amide bonds. The van der Waals surface area contributed by atoms with Crippen LogP contribution in [0.3, 0.4) is 0 Å². The molecule has 0 saturated carbocycles. The standard InChI is InChI=1S/C19H31N3O2/c1-15(11-19(24)21(2)3)20-18-6-4-5-17(12-18)13-22-9-7-16(14-23)8-10-22/h4-6,12,15-16,20,23H,7-11,13-14H2,1-3H3. The first-order valence-corrected chi connectivity index (χ1v) is 8.86. The van der Waals surface area contributed by atoms with Gasteiger partial charge in [-0.05, 0) is 56.5 Å². The second-order valence-electron chi connectivity index (χ2n) is 7.14. The number of hydrogen-bond donors (Lipinski definition) is 2. The summed E-state index contributed by atoms with van der Waals surface area (Å²) >= 11 is 0. The van der Waals surface area contributed by atoms with Crippen LogP contribution in [0.25, 0.3) is 0 Å². The van der Waals surface area contributed by atoms with Gasteiger partial charge in [0.1, 0.15) is 0 Å². The van der Waals surface area contributed by atoms with E-state index >= 15 is 0 Å². The molecule has 1 aromatic carbocycles. The average molecular weight is 333 g/mol. The summed E-state index contributed by atoms with van der Waals surface area (Å²) in [5, 5.41) is 12.7. The molecule has 5 nitrogen and oxygen atoms in total. The van der Waals surface area contributed by atoms with Gasteiger partial charge in [-0.15, -0.1) is 0 Å². The Labute approximate surface area is 145 Å². The van der Waals surface area contributed by atoms with Crippen LogP contribution >= 0.6 is 0 Å². The van der Waals surface area contributed by atoms with Crippen molar-refractivity contribution >= 4 is 11.6 Å². The Bertz CT molecular complexity index is 525. The van der Waals surface area contributed by atoms with E-state index in [1.807, 2.05) is 6.92 Å². The molecule has 1 atom stereocenters. The number of benzene rings is 1. The van der Waals surface area contributed by atoms with E-state index in [-0.39, 0.29) is 11.9 Å². The summed E-state index contributed by atoms with van der Waals surface area (Å²) in [4.78, 5) is 15.9. The summed E-state index contributed by atoms with van der Waals surface area (Å²) in [7, 11) is 3.57. The lowest BCUT2D eigenvalue weighted by Crippen LogP contribution is -2.34. The predicted octanol–water partition coefficient (Wildman–Crippen LogP) is 2.17. The molecule has 134 valence electrons. The molecule has 1 unspecified atom stereocenters. The molecule has 1 aliphatic heterocycles. The summed E-state index contributed by atoms with van der Waals surface area (Å²) in [6, 6.07) is 8.56. The molecule has 0 spiro atoms. The molecule has 0 bridgehead atoms. The van der Waals surface area contributed by atoms with Gasteiger partial charge in [-0.2, -0.15) is 0 Å². The van der Waals surface area contributed by atoms with E-state index in [0.29, 0.717) is 18.9 Å². The van der Waals surface area contributed by atoms with Gasteiger partial charge in [0.15, 0.2) is 0 Å². The van der Waals surface area contributed by atoms with Crippen molar-refractivity contribution in [2.45, 2.75) is 38.8 Å². The first-order chi connectivity index (χ1) is 11.5. The number of carbonyl (C=O) groups excluding carboxylic acids is 1. The molecule has 5 heteroatoms. The first kappa shape index (κ1) is 18.7. The number of nitrogens with one attached hydrogen (secondary N) is 1. The lowest BCUT2D eigenvalue weighted by molar-refractivity contribution is -0.128. The van der Waals surface area contributed by atoms with E-state index in [9.17, 15) is 9.90 Å². The van der Waals surface area contributed by atoms with Crippen molar-refractivity contribution in [1.29, 1.82) is 0 Å². The van der Waals surface area contributed by atoms with Gasteiger partial charge >= 0.3 is 0 Å². The number of aliphatic hydroxyl groups excluding tert-OH is 1. The van der Waals surface area contributed by atoms with E-state index in [4.69, 9.17) is 0 Å². The van der Waals surface area contributed by atoms with Gasteiger partial charge in [-0.3, -0.25) is 9.69 Å². The Balaban J connectivity index is 1.86. The van der Waals surface area contributed by atoms with Gasteiger partial charge in [0.05, 0.1) is 0 Å². The Kier molecular flexibility index (Phi) is 7.06. The van der Waals surface area contributed by atoms with E-state index in [1.54, 1.807) is 19.0 Å². The zero-order valence-electron chi connectivity index (χ0n) is 15.2. The summed E-state index contributed by atoms with van der Waals surface area (Å²) in [6.07, 6.45) is 2.65. The third-order valence-corrected chi connectivity index (χ3v) is 4.69. The molecule has 24 heavy (non-hydrogen) atoms. The van der Waals surface area contributed by atoms with Crippen LogP contribution in [0.15, 0.2) is 24.3 Å². The fourth-order valence-electron chi connectivity index (χ4n) is 3.12. The van der Waals surface area contributed by atoms with Crippen molar-refractivity contribution in [3.05, 3.63) is 29.8 Å². The monoisotopic (exact) mass is 333 g/mol. The van der Waals surface area contributed by atoms with Gasteiger partial charge in [-0.25, -0.2) is 0 Å². The number of nitrogens with zero attached hydrogens (tertiary/aromatic N) is 2. The number of aliphatic hydroxyl groups is 1. The van der Waals surface area contributed by atoms with E-state index in [2.05, 4.69) is 34.5 Å². The fraction of sp³-hybridized carbons (Fsp3) is 0.632. The lowest BCUT2D eigenvalue weighted by Gasteiger charge is -2.31. The smallest absolute Gasteiger partial charge is 0.224 e. The number of piperidine rings is 1. The highest BCUT2D eigenvalue weighted by Gasteiger charge is 2.18. The number of likely N-dealkylation sites (tertiary alicyclic amines) is 1. The zero-order chi connectivity index (χ0) is 17.5. The maximum Gasteiger partial charge on any atom is 0.224 e. The van der Waals surface area contributed by atoms with Gasteiger partial charge in [0, 0.05) is 45.4 Å². The highest BCUT2D eigenvalue weighted by molar-refractivity contribution is 5.76. The largest absolute Gasteiger partial charge is 0.396 e. The van der Waals surface area contributed by atoms with Crippen molar-refractivity contribution in [3.8, 4) is 0 Å². The minimum absolute atomic E-state index is 0.107. The first-order valence-electron chi connectivity index (χ1n) is 8.86. The average Bonchev–Trinajstić information content (AvgIpc) is 2.55. The molecule has 0 radical (unpaired) electrons. The number of hydrogen-bond acceptors (Lipinski definition) is 4. The minimum Gasteiger partial charge on any atom is -0.396 e. The van der Waals surface area contributed by atoms with Crippen molar-refractivity contribution in [1.82, 2.24) is 9.80 Å². The Morgan fingerprint density at radius 2 is 2.08 bits per heavy atom. The molecule has 2 rings (SSSR count). The molecule has 0 aromatic heterocycles. The van der Waals surface area contributed by atoms with Crippen LogP contribution in [0.5, 0.6) is 0 Å². The van der Waals surface area contributed by atoms with E-state index in [0.717, 1.165) is 38.2 Å². The maximum atomic E-state index is 11.8. The normalized spacial score (nSPS) is 17.5. The van der Waals surface area contributed by atoms with Gasteiger partial charge in [0.25, 0.3) is 0 Å². The quantitative estimate of drug-likeness (QED) is 0.803. The number of anilines is 1. The molecule has 1 saturated heterocycles. The SMILES string of the molecule is CC(CC(=O)N(C)C)Nc1cccc(CN2CCC(CO)CC2)c1. The topological polar surface area (TPSA) is 55.8 Å². The lowest BCUT2D eigenvalue weighted by atomic mass is 9.97. The Morgan fingerprint density at radius 3 is 2.71 bits per heavy atom. The molecule has 1 fully saturated rings. The van der Waals surface area contributed by atoms with Gasteiger partial charge in [-0.1, -0.05) is 12.1 Å². The second kappa shape index (κ2) is 9.04. The van der Waals surface area contributed by atoms with Crippen LogP contribution in [0.2, 0.25) is 0 Å². The molecular weight excluding hydrogens is 302 g/mol. The maximum absolute atomic E-state index is 11.8. The molecular formula is C19H31N3O2. The third-order valence-electron chi connectivity index (χ3n) is 4.69.